The predicted molar refractivity (Wildman–Crippen MR) is 168 cm³/mol. The fourth-order valence-electron chi connectivity index (χ4n) is 4.51. The summed E-state index contributed by atoms with van der Waals surface area (Å²) in [6.45, 7) is 2.30. The maximum Gasteiger partial charge on any atom is 0.337 e. The second-order valence-electron chi connectivity index (χ2n) is 10.1. The normalized spacial score (nSPS) is 11.3. The first-order valence-corrected chi connectivity index (χ1v) is 15.5. The summed E-state index contributed by atoms with van der Waals surface area (Å²) in [6.07, 6.45) is 9.01. The van der Waals surface area contributed by atoms with Crippen molar-refractivity contribution in [2.75, 3.05) is 20.8 Å². The molecule has 0 aliphatic rings. The van der Waals surface area contributed by atoms with Gasteiger partial charge in [0, 0.05) is 17.6 Å². The van der Waals surface area contributed by atoms with Crippen molar-refractivity contribution >= 4 is 29.3 Å². The number of carbonyl (C=O) groups excluding carboxylic acids is 1. The number of thioether (sulfide) groups is 1. The van der Waals surface area contributed by atoms with Gasteiger partial charge in [-0.05, 0) is 79.3 Å². The lowest BCUT2D eigenvalue weighted by Crippen LogP contribution is -2.04. The van der Waals surface area contributed by atoms with Crippen molar-refractivity contribution < 1.29 is 28.9 Å². The van der Waals surface area contributed by atoms with Gasteiger partial charge in [-0.3, -0.25) is 0 Å². The van der Waals surface area contributed by atoms with E-state index in [2.05, 4.69) is 12.1 Å². The van der Waals surface area contributed by atoms with Crippen LogP contribution in [-0.4, -0.2) is 42.9 Å². The number of nitrogens with zero attached hydrogens (tertiary/aromatic N) is 1. The Morgan fingerprint density at radius 1 is 0.881 bits per heavy atom. The Hall–Kier alpha value is -3.78. The third-order valence-electron chi connectivity index (χ3n) is 6.77. The molecule has 7 nitrogen and oxygen atoms in total. The van der Waals surface area contributed by atoms with Crippen molar-refractivity contribution in [2.24, 2.45) is 0 Å². The molecule has 1 N–H and O–H groups in total. The standard InChI is InChI=1S/C34H41NO6S/c1-25(21-32(36)37)33-31(41-20-9-7-5-4-6-8-11-26-14-17-30(39-2)18-15-26)19-16-29(35-33)24-42-23-27-12-10-13-28(22-27)34(38)40-3/h10,12-19,21-22H,4-9,11,20,23-24H2,1-3H3,(H,36,37)/b25-21-. The van der Waals surface area contributed by atoms with Crippen LogP contribution in [0.2, 0.25) is 0 Å². The van der Waals surface area contributed by atoms with Crippen molar-refractivity contribution in [1.29, 1.82) is 0 Å². The quantitative estimate of drug-likeness (QED) is 0.0911. The van der Waals surface area contributed by atoms with Crippen LogP contribution < -0.4 is 9.47 Å². The summed E-state index contributed by atoms with van der Waals surface area (Å²) in [5.74, 6) is 1.45. The zero-order chi connectivity index (χ0) is 30.2. The fraction of sp³-hybridized carbons (Fsp3) is 0.382. The minimum atomic E-state index is -1.02. The number of methoxy groups -OCH3 is 2. The Balaban J connectivity index is 1.44. The van der Waals surface area contributed by atoms with E-state index in [-0.39, 0.29) is 5.97 Å². The van der Waals surface area contributed by atoms with Gasteiger partial charge in [0.2, 0.25) is 0 Å². The molecular weight excluding hydrogens is 550 g/mol. The van der Waals surface area contributed by atoms with E-state index in [4.69, 9.17) is 19.2 Å². The van der Waals surface area contributed by atoms with Gasteiger partial charge in [0.15, 0.2) is 0 Å². The van der Waals surface area contributed by atoms with E-state index in [1.807, 2.05) is 42.5 Å². The molecule has 0 amide bonds. The second-order valence-corrected chi connectivity index (χ2v) is 11.1. The van der Waals surface area contributed by atoms with E-state index in [9.17, 15) is 14.7 Å². The first-order valence-electron chi connectivity index (χ1n) is 14.3. The number of pyridine rings is 1. The molecule has 3 rings (SSSR count). The molecule has 0 aliphatic heterocycles. The number of aryl methyl sites for hydroxylation is 1. The van der Waals surface area contributed by atoms with Crippen LogP contribution in [0.25, 0.3) is 5.57 Å². The molecule has 0 aliphatic carbocycles. The number of allylic oxidation sites excluding steroid dienone is 1. The molecule has 0 atom stereocenters. The molecule has 8 heteroatoms. The Morgan fingerprint density at radius 2 is 1.62 bits per heavy atom. The van der Waals surface area contributed by atoms with E-state index in [1.54, 1.807) is 31.9 Å². The Bertz CT molecular complexity index is 1320. The lowest BCUT2D eigenvalue weighted by atomic mass is 10.0. The maximum atomic E-state index is 11.8. The number of rotatable bonds is 18. The number of aliphatic carboxylic acids is 1. The highest BCUT2D eigenvalue weighted by molar-refractivity contribution is 7.97. The third kappa shape index (κ3) is 11.2. The molecule has 42 heavy (non-hydrogen) atoms. The average Bonchev–Trinajstić information content (AvgIpc) is 3.00. The van der Waals surface area contributed by atoms with Crippen LogP contribution in [-0.2, 0) is 27.5 Å². The summed E-state index contributed by atoms with van der Waals surface area (Å²) < 4.78 is 16.1. The largest absolute Gasteiger partial charge is 0.497 e. The van der Waals surface area contributed by atoms with Gasteiger partial charge in [0.1, 0.15) is 17.2 Å². The summed E-state index contributed by atoms with van der Waals surface area (Å²) in [7, 11) is 3.05. The van der Waals surface area contributed by atoms with Gasteiger partial charge < -0.3 is 19.3 Å². The molecule has 1 heterocycles. The molecule has 2 aromatic carbocycles. The van der Waals surface area contributed by atoms with Crippen LogP contribution >= 0.6 is 11.8 Å². The van der Waals surface area contributed by atoms with E-state index in [0.717, 1.165) is 48.8 Å². The molecule has 0 fully saturated rings. The zero-order valence-corrected chi connectivity index (χ0v) is 25.6. The molecule has 0 unspecified atom stereocenters. The smallest absolute Gasteiger partial charge is 0.337 e. The molecule has 0 bridgehead atoms. The van der Waals surface area contributed by atoms with Gasteiger partial charge in [-0.25, -0.2) is 14.6 Å². The number of hydrogen-bond donors (Lipinski definition) is 1. The highest BCUT2D eigenvalue weighted by Gasteiger charge is 2.12. The minimum absolute atomic E-state index is 0.356. The van der Waals surface area contributed by atoms with E-state index in [0.29, 0.717) is 40.7 Å². The Morgan fingerprint density at radius 3 is 2.33 bits per heavy atom. The van der Waals surface area contributed by atoms with Crippen molar-refractivity contribution in [3.05, 3.63) is 94.8 Å². The molecule has 0 saturated heterocycles. The number of carbonyl (C=O) groups is 2. The lowest BCUT2D eigenvalue weighted by Gasteiger charge is -2.13. The number of hydrogen-bond acceptors (Lipinski definition) is 7. The molecule has 224 valence electrons. The second kappa shape index (κ2) is 17.9. The van der Waals surface area contributed by atoms with E-state index < -0.39 is 5.97 Å². The first kappa shape index (κ1) is 32.7. The highest BCUT2D eigenvalue weighted by atomic mass is 32.2. The predicted octanol–water partition coefficient (Wildman–Crippen LogP) is 7.76. The summed E-state index contributed by atoms with van der Waals surface area (Å²) in [5, 5.41) is 9.29. The van der Waals surface area contributed by atoms with E-state index in [1.165, 1.54) is 31.9 Å². The summed E-state index contributed by atoms with van der Waals surface area (Å²) in [6, 6.07) is 19.5. The van der Waals surface area contributed by atoms with Crippen LogP contribution in [0, 0.1) is 0 Å². The van der Waals surface area contributed by atoms with Crippen molar-refractivity contribution in [3.8, 4) is 11.5 Å². The van der Waals surface area contributed by atoms with Gasteiger partial charge in [-0.15, -0.1) is 0 Å². The van der Waals surface area contributed by atoms with Gasteiger partial charge >= 0.3 is 11.9 Å². The van der Waals surface area contributed by atoms with Gasteiger partial charge in [-0.1, -0.05) is 49.9 Å². The molecule has 1 aromatic heterocycles. The zero-order valence-electron chi connectivity index (χ0n) is 24.8. The minimum Gasteiger partial charge on any atom is -0.497 e. The van der Waals surface area contributed by atoms with Crippen LogP contribution in [0.4, 0.5) is 0 Å². The number of carboxylic acid groups (broad SMARTS) is 1. The van der Waals surface area contributed by atoms with Gasteiger partial charge in [0.25, 0.3) is 0 Å². The van der Waals surface area contributed by atoms with Crippen LogP contribution in [0.1, 0.15) is 78.3 Å². The first-order chi connectivity index (χ1) is 20.4. The van der Waals surface area contributed by atoms with Crippen molar-refractivity contribution in [3.63, 3.8) is 0 Å². The maximum absolute atomic E-state index is 11.8. The third-order valence-corrected chi connectivity index (χ3v) is 7.81. The molecule has 0 spiro atoms. The molecular formula is C34H41NO6S. The van der Waals surface area contributed by atoms with Crippen LogP contribution in [0.15, 0.2) is 66.7 Å². The van der Waals surface area contributed by atoms with Crippen LogP contribution in [0.5, 0.6) is 11.5 Å². The topological polar surface area (TPSA) is 95.0 Å². The monoisotopic (exact) mass is 591 g/mol. The summed E-state index contributed by atoms with van der Waals surface area (Å²) >= 11 is 1.66. The lowest BCUT2D eigenvalue weighted by molar-refractivity contribution is -0.131. The Kier molecular flexibility index (Phi) is 14.0. The molecule has 0 saturated carbocycles. The van der Waals surface area contributed by atoms with E-state index >= 15 is 0 Å². The summed E-state index contributed by atoms with van der Waals surface area (Å²) in [4.78, 5) is 27.9. The number of benzene rings is 2. The molecule has 3 aromatic rings. The number of carboxylic acids is 1. The van der Waals surface area contributed by atoms with Gasteiger partial charge in [-0.2, -0.15) is 11.8 Å². The van der Waals surface area contributed by atoms with Gasteiger partial charge in [0.05, 0.1) is 32.1 Å². The fourth-order valence-corrected chi connectivity index (χ4v) is 5.40. The number of esters is 1. The number of unbranched alkanes of at least 4 members (excludes halogenated alkanes) is 5. The number of aromatic nitrogens is 1. The summed E-state index contributed by atoms with van der Waals surface area (Å²) in [5.41, 5.74) is 4.82. The average molecular weight is 592 g/mol. The van der Waals surface area contributed by atoms with Crippen LogP contribution in [0.3, 0.4) is 0 Å². The SMILES string of the molecule is COC(=O)c1cccc(CSCc2ccc(OCCCCCCCCc3ccc(OC)cc3)c(/C(C)=C\C(=O)O)n2)c1. The highest BCUT2D eigenvalue weighted by Crippen LogP contribution is 2.27. The Labute approximate surface area is 253 Å². The van der Waals surface area contributed by atoms with Crippen molar-refractivity contribution in [2.45, 2.75) is 63.4 Å². The molecule has 0 radical (unpaired) electrons. The number of ether oxygens (including phenoxy) is 3. The van der Waals surface area contributed by atoms with Crippen molar-refractivity contribution in [1.82, 2.24) is 4.98 Å².